The summed E-state index contributed by atoms with van der Waals surface area (Å²) < 4.78 is 44.1. The molecule has 0 atom stereocenters. The monoisotopic (exact) mass is 298 g/mol. The second-order valence-electron chi connectivity index (χ2n) is 4.61. The maximum Gasteiger partial charge on any atom is 0.217 e. The molecule has 2 aromatic rings. The van der Waals surface area contributed by atoms with E-state index in [0.29, 0.717) is 22.4 Å². The van der Waals surface area contributed by atoms with Gasteiger partial charge in [-0.25, -0.2) is 17.5 Å². The van der Waals surface area contributed by atoms with E-state index < -0.39 is 10.0 Å². The molecule has 1 heterocycles. The average Bonchev–Trinajstić information content (AvgIpc) is 2.76. The highest BCUT2D eigenvalue weighted by Gasteiger charge is 2.15. The molecule has 0 radical (unpaired) electrons. The summed E-state index contributed by atoms with van der Waals surface area (Å²) in [7, 11) is -3.51. The highest BCUT2D eigenvalue weighted by atomic mass is 32.2. The number of rotatable bonds is 5. The maximum atomic E-state index is 13.1. The summed E-state index contributed by atoms with van der Waals surface area (Å²) in [6, 6.07) is 4.48. The third-order valence-corrected chi connectivity index (χ3v) is 4.13. The molecule has 0 saturated heterocycles. The molecule has 108 valence electrons. The number of aromatic nitrogens is 1. The fourth-order valence-corrected chi connectivity index (χ4v) is 2.82. The summed E-state index contributed by atoms with van der Waals surface area (Å²) in [4.78, 5) is 0. The molecular formula is C13H15FN2O3S. The molecule has 1 aromatic carbocycles. The van der Waals surface area contributed by atoms with Crippen molar-refractivity contribution >= 4 is 10.0 Å². The van der Waals surface area contributed by atoms with Gasteiger partial charge in [-0.15, -0.1) is 0 Å². The topological polar surface area (TPSA) is 72.2 Å². The molecule has 1 N–H and O–H groups in total. The Kier molecular flexibility index (Phi) is 4.20. The van der Waals surface area contributed by atoms with Gasteiger partial charge < -0.3 is 4.52 Å². The molecule has 0 unspecified atom stereocenters. The minimum absolute atomic E-state index is 0.111. The Morgan fingerprint density at radius 2 is 2.05 bits per heavy atom. The number of nitrogens with zero attached hydrogens (tertiary/aromatic N) is 1. The third-order valence-electron chi connectivity index (χ3n) is 2.89. The van der Waals surface area contributed by atoms with E-state index in [1.165, 1.54) is 12.3 Å². The van der Waals surface area contributed by atoms with Crippen molar-refractivity contribution in [2.75, 3.05) is 0 Å². The van der Waals surface area contributed by atoms with E-state index in [-0.39, 0.29) is 18.1 Å². The summed E-state index contributed by atoms with van der Waals surface area (Å²) in [5.74, 6) is -0.551. The largest absolute Gasteiger partial charge is 0.364 e. The van der Waals surface area contributed by atoms with Crippen LogP contribution >= 0.6 is 0 Å². The molecule has 0 spiro atoms. The van der Waals surface area contributed by atoms with Crippen LogP contribution in [0.5, 0.6) is 0 Å². The Balaban J connectivity index is 2.02. The van der Waals surface area contributed by atoms with Crippen LogP contribution in [0, 0.1) is 19.7 Å². The molecule has 0 aliphatic carbocycles. The number of hydrogen-bond donors (Lipinski definition) is 1. The van der Waals surface area contributed by atoms with E-state index in [9.17, 15) is 12.8 Å². The highest BCUT2D eigenvalue weighted by molar-refractivity contribution is 7.88. The van der Waals surface area contributed by atoms with Crippen molar-refractivity contribution in [3.05, 3.63) is 52.7 Å². The lowest BCUT2D eigenvalue weighted by Crippen LogP contribution is -2.25. The van der Waals surface area contributed by atoms with Crippen LogP contribution in [0.4, 0.5) is 4.39 Å². The number of hydrogen-bond acceptors (Lipinski definition) is 4. The van der Waals surface area contributed by atoms with Crippen LogP contribution in [0.15, 0.2) is 29.0 Å². The number of sulfonamides is 1. The summed E-state index contributed by atoms with van der Waals surface area (Å²) >= 11 is 0. The van der Waals surface area contributed by atoms with Crippen LogP contribution in [0.25, 0.3) is 0 Å². The maximum absolute atomic E-state index is 13.1. The predicted octanol–water partition coefficient (Wildman–Crippen LogP) is 2.05. The van der Waals surface area contributed by atoms with E-state index in [0.717, 1.165) is 0 Å². The van der Waals surface area contributed by atoms with Crippen molar-refractivity contribution in [1.29, 1.82) is 0 Å². The van der Waals surface area contributed by atoms with Crippen LogP contribution in [-0.2, 0) is 22.3 Å². The second-order valence-corrected chi connectivity index (χ2v) is 6.41. The zero-order chi connectivity index (χ0) is 14.8. The quantitative estimate of drug-likeness (QED) is 0.917. The van der Waals surface area contributed by atoms with Crippen molar-refractivity contribution in [1.82, 2.24) is 9.88 Å². The molecule has 5 nitrogen and oxygen atoms in total. The smallest absolute Gasteiger partial charge is 0.217 e. The Morgan fingerprint density at radius 1 is 1.30 bits per heavy atom. The fraction of sp³-hybridized carbons (Fsp3) is 0.308. The van der Waals surface area contributed by atoms with Gasteiger partial charge in [0.2, 0.25) is 10.0 Å². The van der Waals surface area contributed by atoms with Crippen molar-refractivity contribution in [2.45, 2.75) is 26.1 Å². The van der Waals surface area contributed by atoms with Crippen LogP contribution < -0.4 is 4.72 Å². The van der Waals surface area contributed by atoms with Gasteiger partial charge in [-0.1, -0.05) is 17.3 Å². The first-order valence-corrected chi connectivity index (χ1v) is 7.65. The first-order chi connectivity index (χ1) is 9.37. The highest BCUT2D eigenvalue weighted by Crippen LogP contribution is 2.11. The molecule has 0 saturated carbocycles. The summed E-state index contributed by atoms with van der Waals surface area (Å²) in [6.07, 6.45) is 1.40. The lowest BCUT2D eigenvalue weighted by atomic mass is 10.1. The zero-order valence-electron chi connectivity index (χ0n) is 11.2. The first kappa shape index (κ1) is 14.7. The number of halogens is 1. The molecule has 0 bridgehead atoms. The Hall–Kier alpha value is -1.73. The number of aryl methyl sites for hydroxylation is 2. The van der Waals surface area contributed by atoms with Gasteiger partial charge >= 0.3 is 0 Å². The standard InChI is InChI=1S/C13H15FN2O3S/c1-9-5-11(3-4-12(9)14)6-15-20(17,18)8-13-10(2)7-19-16-13/h3-5,7,15H,6,8H2,1-2H3. The van der Waals surface area contributed by atoms with Gasteiger partial charge in [0.15, 0.2) is 0 Å². The van der Waals surface area contributed by atoms with Gasteiger partial charge in [0.25, 0.3) is 0 Å². The molecule has 0 fully saturated rings. The van der Waals surface area contributed by atoms with Crippen LogP contribution in [0.1, 0.15) is 22.4 Å². The molecule has 2 rings (SSSR count). The van der Waals surface area contributed by atoms with Gasteiger partial charge in [-0.2, -0.15) is 0 Å². The normalized spacial score (nSPS) is 11.8. The summed E-state index contributed by atoms with van der Waals surface area (Å²) in [5, 5.41) is 3.64. The van der Waals surface area contributed by atoms with Gasteiger partial charge in [0, 0.05) is 12.1 Å². The molecule has 0 amide bonds. The van der Waals surface area contributed by atoms with Crippen molar-refractivity contribution in [3.63, 3.8) is 0 Å². The molecule has 20 heavy (non-hydrogen) atoms. The van der Waals surface area contributed by atoms with Crippen LogP contribution in [0.3, 0.4) is 0 Å². The van der Waals surface area contributed by atoms with E-state index in [1.807, 2.05) is 0 Å². The van der Waals surface area contributed by atoms with Crippen LogP contribution in [0.2, 0.25) is 0 Å². The fourth-order valence-electron chi connectivity index (χ4n) is 1.69. The molecule has 1 aromatic heterocycles. The predicted molar refractivity (Wildman–Crippen MR) is 71.8 cm³/mol. The Morgan fingerprint density at radius 3 is 2.65 bits per heavy atom. The minimum atomic E-state index is -3.51. The molecule has 7 heteroatoms. The molecule has 0 aliphatic heterocycles. The summed E-state index contributed by atoms with van der Waals surface area (Å²) in [6.45, 7) is 3.47. The van der Waals surface area contributed by atoms with E-state index >= 15 is 0 Å². The van der Waals surface area contributed by atoms with Crippen LogP contribution in [-0.4, -0.2) is 13.6 Å². The lowest BCUT2D eigenvalue weighted by molar-refractivity contribution is 0.413. The van der Waals surface area contributed by atoms with E-state index in [4.69, 9.17) is 4.52 Å². The molecule has 0 aliphatic rings. The SMILES string of the molecule is Cc1cc(CNS(=O)(=O)Cc2nocc2C)ccc1F. The van der Waals surface area contributed by atoms with Crippen molar-refractivity contribution < 1.29 is 17.3 Å². The lowest BCUT2D eigenvalue weighted by Gasteiger charge is -2.07. The minimum Gasteiger partial charge on any atom is -0.364 e. The van der Waals surface area contributed by atoms with Gasteiger partial charge in [0.05, 0.1) is 0 Å². The average molecular weight is 298 g/mol. The first-order valence-electron chi connectivity index (χ1n) is 5.99. The second kappa shape index (κ2) is 5.72. The zero-order valence-corrected chi connectivity index (χ0v) is 12.0. The van der Waals surface area contributed by atoms with Gasteiger partial charge in [0.1, 0.15) is 23.5 Å². The Labute approximate surface area is 116 Å². The Bertz CT molecular complexity index is 710. The number of benzene rings is 1. The summed E-state index contributed by atoms with van der Waals surface area (Å²) in [5.41, 5.74) is 2.25. The van der Waals surface area contributed by atoms with Crippen molar-refractivity contribution in [3.8, 4) is 0 Å². The van der Waals surface area contributed by atoms with Crippen molar-refractivity contribution in [2.24, 2.45) is 0 Å². The van der Waals surface area contributed by atoms with Gasteiger partial charge in [-0.3, -0.25) is 0 Å². The third kappa shape index (κ3) is 3.64. The van der Waals surface area contributed by atoms with E-state index in [2.05, 4.69) is 9.88 Å². The van der Waals surface area contributed by atoms with E-state index in [1.54, 1.807) is 26.0 Å². The van der Waals surface area contributed by atoms with Gasteiger partial charge in [-0.05, 0) is 31.0 Å². The molecular weight excluding hydrogens is 283 g/mol. The number of nitrogens with one attached hydrogen (secondary N) is 1.